The highest BCUT2D eigenvalue weighted by atomic mass is 16.2. The highest BCUT2D eigenvalue weighted by molar-refractivity contribution is 5.97. The summed E-state index contributed by atoms with van der Waals surface area (Å²) in [5.41, 5.74) is 0. The van der Waals surface area contributed by atoms with Crippen molar-refractivity contribution in [2.24, 2.45) is 11.8 Å². The van der Waals surface area contributed by atoms with E-state index in [2.05, 4.69) is 26.1 Å². The Hall–Kier alpha value is -1.06. The largest absolute Gasteiger partial charge is 0.342 e. The predicted molar refractivity (Wildman–Crippen MR) is 85.9 cm³/mol. The van der Waals surface area contributed by atoms with Gasteiger partial charge in [-0.25, -0.2) is 0 Å². The number of rotatable bonds is 8. The minimum absolute atomic E-state index is 0.0197. The summed E-state index contributed by atoms with van der Waals surface area (Å²) in [6.45, 7) is 11.2. The fraction of sp³-hybridized carbons (Fsp3) is 0.882. The molecule has 1 N–H and O–H groups in total. The average molecular weight is 296 g/mol. The summed E-state index contributed by atoms with van der Waals surface area (Å²) in [5, 5.41) is 2.93. The number of hydrogen-bond acceptors (Lipinski definition) is 2. The molecule has 1 rings (SSSR count). The summed E-state index contributed by atoms with van der Waals surface area (Å²) in [4.78, 5) is 26.8. The number of amides is 2. The monoisotopic (exact) mass is 296 g/mol. The minimum Gasteiger partial charge on any atom is -0.342 e. The van der Waals surface area contributed by atoms with E-state index in [-0.39, 0.29) is 29.8 Å². The summed E-state index contributed by atoms with van der Waals surface area (Å²) in [5.74, 6) is 1.02. The van der Waals surface area contributed by atoms with Crippen molar-refractivity contribution in [2.75, 3.05) is 6.54 Å². The zero-order valence-corrected chi connectivity index (χ0v) is 14.3. The molecule has 0 radical (unpaired) electrons. The zero-order valence-electron chi connectivity index (χ0n) is 14.3. The third kappa shape index (κ3) is 4.72. The topological polar surface area (TPSA) is 49.4 Å². The highest BCUT2D eigenvalue weighted by Gasteiger charge is 2.40. The summed E-state index contributed by atoms with van der Waals surface area (Å²) in [6.07, 6.45) is 4.87. The summed E-state index contributed by atoms with van der Waals surface area (Å²) < 4.78 is 0. The Morgan fingerprint density at radius 3 is 2.33 bits per heavy atom. The number of nitrogens with one attached hydrogen (secondary N) is 1. The van der Waals surface area contributed by atoms with E-state index in [1.54, 1.807) is 0 Å². The Labute approximate surface area is 129 Å². The van der Waals surface area contributed by atoms with E-state index in [1.807, 2.05) is 18.7 Å². The Morgan fingerprint density at radius 2 is 1.81 bits per heavy atom. The molecule has 0 aromatic carbocycles. The second-order valence-corrected chi connectivity index (χ2v) is 6.72. The number of hydrogen-bond donors (Lipinski definition) is 1. The van der Waals surface area contributed by atoms with E-state index in [4.69, 9.17) is 0 Å². The van der Waals surface area contributed by atoms with Gasteiger partial charge in [0.25, 0.3) is 0 Å². The van der Waals surface area contributed by atoms with Crippen molar-refractivity contribution in [1.29, 1.82) is 0 Å². The lowest BCUT2D eigenvalue weighted by molar-refractivity contribution is -0.151. The van der Waals surface area contributed by atoms with Crippen molar-refractivity contribution in [2.45, 2.75) is 78.8 Å². The Bertz CT molecular complexity index is 355. The van der Waals surface area contributed by atoms with Gasteiger partial charge < -0.3 is 10.2 Å². The molecule has 0 spiro atoms. The summed E-state index contributed by atoms with van der Waals surface area (Å²) in [6, 6.07) is -0.618. The number of carbonyl (C=O) groups excluding carboxylic acids is 2. The van der Waals surface area contributed by atoms with Gasteiger partial charge in [0.05, 0.1) is 0 Å². The van der Waals surface area contributed by atoms with Crippen LogP contribution in [-0.2, 0) is 9.59 Å². The van der Waals surface area contributed by atoms with Crippen LogP contribution in [0.5, 0.6) is 0 Å². The fourth-order valence-corrected chi connectivity index (χ4v) is 2.91. The van der Waals surface area contributed by atoms with Crippen LogP contribution in [0.25, 0.3) is 0 Å². The zero-order chi connectivity index (χ0) is 16.0. The third-order valence-electron chi connectivity index (χ3n) is 4.56. The van der Waals surface area contributed by atoms with Crippen molar-refractivity contribution in [1.82, 2.24) is 10.2 Å². The lowest BCUT2D eigenvalue weighted by Gasteiger charge is -2.40. The molecular formula is C17H32N2O2. The Kier molecular flexibility index (Phi) is 7.20. The van der Waals surface area contributed by atoms with Crippen molar-refractivity contribution in [3.8, 4) is 0 Å². The van der Waals surface area contributed by atoms with Gasteiger partial charge in [-0.3, -0.25) is 9.59 Å². The average Bonchev–Trinajstić information content (AvgIpc) is 2.45. The molecule has 0 aromatic heterocycles. The van der Waals surface area contributed by atoms with Crippen LogP contribution >= 0.6 is 0 Å². The van der Waals surface area contributed by atoms with Gasteiger partial charge in [0.1, 0.15) is 12.1 Å². The second kappa shape index (κ2) is 8.40. The SMILES string of the molecule is CCC(C)C1NC(=O)C(CC)N(CCCCC(C)C)C1=O. The van der Waals surface area contributed by atoms with Crippen LogP contribution in [0, 0.1) is 11.8 Å². The van der Waals surface area contributed by atoms with Crippen LogP contribution in [-0.4, -0.2) is 35.3 Å². The molecule has 1 aliphatic rings. The van der Waals surface area contributed by atoms with Gasteiger partial charge in [-0.15, -0.1) is 0 Å². The number of piperazine rings is 1. The molecule has 3 unspecified atom stereocenters. The predicted octanol–water partition coefficient (Wildman–Crippen LogP) is 2.96. The molecule has 0 saturated carbocycles. The molecule has 0 aliphatic carbocycles. The highest BCUT2D eigenvalue weighted by Crippen LogP contribution is 2.20. The Balaban J connectivity index is 2.69. The molecule has 4 heteroatoms. The van der Waals surface area contributed by atoms with Crippen molar-refractivity contribution in [3.63, 3.8) is 0 Å². The van der Waals surface area contributed by atoms with Crippen molar-refractivity contribution in [3.05, 3.63) is 0 Å². The molecule has 3 atom stereocenters. The Morgan fingerprint density at radius 1 is 1.14 bits per heavy atom. The van der Waals surface area contributed by atoms with Gasteiger partial charge in [0.2, 0.25) is 11.8 Å². The van der Waals surface area contributed by atoms with Gasteiger partial charge in [-0.05, 0) is 24.7 Å². The maximum absolute atomic E-state index is 12.7. The first kappa shape index (κ1) is 18.0. The van der Waals surface area contributed by atoms with Gasteiger partial charge in [0.15, 0.2) is 0 Å². The number of unbranched alkanes of at least 4 members (excludes halogenated alkanes) is 1. The van der Waals surface area contributed by atoms with Gasteiger partial charge >= 0.3 is 0 Å². The van der Waals surface area contributed by atoms with Gasteiger partial charge in [-0.2, -0.15) is 0 Å². The van der Waals surface area contributed by atoms with E-state index in [9.17, 15) is 9.59 Å². The van der Waals surface area contributed by atoms with Gasteiger partial charge in [0, 0.05) is 6.54 Å². The molecule has 1 saturated heterocycles. The lowest BCUT2D eigenvalue weighted by Crippen LogP contribution is -2.64. The van der Waals surface area contributed by atoms with Crippen LogP contribution in [0.2, 0.25) is 0 Å². The minimum atomic E-state index is -0.338. The molecular weight excluding hydrogens is 264 g/mol. The normalized spacial score (nSPS) is 24.4. The molecule has 1 aliphatic heterocycles. The first-order valence-electron chi connectivity index (χ1n) is 8.53. The molecule has 0 bridgehead atoms. The van der Waals surface area contributed by atoms with Gasteiger partial charge in [-0.1, -0.05) is 53.9 Å². The van der Waals surface area contributed by atoms with E-state index in [1.165, 1.54) is 6.42 Å². The number of nitrogens with zero attached hydrogens (tertiary/aromatic N) is 1. The van der Waals surface area contributed by atoms with Crippen molar-refractivity contribution < 1.29 is 9.59 Å². The molecule has 1 fully saturated rings. The van der Waals surface area contributed by atoms with E-state index in [0.717, 1.165) is 19.3 Å². The van der Waals surface area contributed by atoms with Crippen molar-refractivity contribution >= 4 is 11.8 Å². The quantitative estimate of drug-likeness (QED) is 0.700. The number of carbonyl (C=O) groups is 2. The maximum atomic E-state index is 12.7. The fourth-order valence-electron chi connectivity index (χ4n) is 2.91. The molecule has 21 heavy (non-hydrogen) atoms. The standard InChI is InChI=1S/C17H32N2O2/c1-6-13(5)15-17(21)19(11-9-8-10-12(3)4)14(7-2)16(20)18-15/h12-15H,6-11H2,1-5H3,(H,18,20). The van der Waals surface area contributed by atoms with E-state index >= 15 is 0 Å². The summed E-state index contributed by atoms with van der Waals surface area (Å²) in [7, 11) is 0. The molecule has 0 aromatic rings. The smallest absolute Gasteiger partial charge is 0.246 e. The first-order valence-corrected chi connectivity index (χ1v) is 8.53. The van der Waals surface area contributed by atoms with E-state index < -0.39 is 0 Å². The molecule has 122 valence electrons. The van der Waals surface area contributed by atoms with Crippen LogP contribution in [0.3, 0.4) is 0 Å². The summed E-state index contributed by atoms with van der Waals surface area (Å²) >= 11 is 0. The maximum Gasteiger partial charge on any atom is 0.246 e. The lowest BCUT2D eigenvalue weighted by atomic mass is 9.93. The van der Waals surface area contributed by atoms with Crippen LogP contribution in [0.15, 0.2) is 0 Å². The molecule has 1 heterocycles. The van der Waals surface area contributed by atoms with E-state index in [0.29, 0.717) is 18.9 Å². The van der Waals surface area contributed by atoms with Crippen LogP contribution in [0.4, 0.5) is 0 Å². The molecule has 4 nitrogen and oxygen atoms in total. The first-order chi connectivity index (χ1) is 9.92. The third-order valence-corrected chi connectivity index (χ3v) is 4.56. The van der Waals surface area contributed by atoms with Crippen LogP contribution in [0.1, 0.15) is 66.7 Å². The molecule has 2 amide bonds. The second-order valence-electron chi connectivity index (χ2n) is 6.72. The van der Waals surface area contributed by atoms with Crippen LogP contribution < -0.4 is 5.32 Å².